The van der Waals surface area contributed by atoms with Crippen molar-refractivity contribution in [1.82, 2.24) is 9.62 Å². The van der Waals surface area contributed by atoms with Gasteiger partial charge in [0.15, 0.2) is 0 Å². The lowest BCUT2D eigenvalue weighted by Crippen LogP contribution is -2.49. The van der Waals surface area contributed by atoms with Crippen molar-refractivity contribution in [1.29, 1.82) is 0 Å². The fraction of sp³-hybridized carbons (Fsp3) is 0.923. The van der Waals surface area contributed by atoms with Crippen LogP contribution in [0.15, 0.2) is 0 Å². The highest BCUT2D eigenvalue weighted by Gasteiger charge is 2.29. The third-order valence-electron chi connectivity index (χ3n) is 3.68. The van der Waals surface area contributed by atoms with Gasteiger partial charge in [-0.15, -0.1) is 0 Å². The second-order valence-electron chi connectivity index (χ2n) is 5.16. The van der Waals surface area contributed by atoms with Crippen LogP contribution in [-0.2, 0) is 19.6 Å². The molecule has 20 heavy (non-hydrogen) atoms. The van der Waals surface area contributed by atoms with Crippen molar-refractivity contribution in [2.75, 3.05) is 32.1 Å². The summed E-state index contributed by atoms with van der Waals surface area (Å²) >= 11 is 0. The van der Waals surface area contributed by atoms with Crippen LogP contribution in [0.2, 0.25) is 0 Å². The molecule has 1 fully saturated rings. The minimum Gasteiger partial charge on any atom is -0.378 e. The van der Waals surface area contributed by atoms with Gasteiger partial charge in [-0.05, 0) is 19.8 Å². The van der Waals surface area contributed by atoms with Gasteiger partial charge in [0, 0.05) is 25.0 Å². The van der Waals surface area contributed by atoms with Crippen LogP contribution >= 0.6 is 0 Å². The number of morpholine rings is 1. The van der Waals surface area contributed by atoms with Gasteiger partial charge in [-0.25, -0.2) is 8.42 Å². The summed E-state index contributed by atoms with van der Waals surface area (Å²) in [6, 6.07) is -0.136. The van der Waals surface area contributed by atoms with E-state index in [0.29, 0.717) is 19.8 Å². The smallest absolute Gasteiger partial charge is 0.223 e. The molecule has 118 valence electrons. The van der Waals surface area contributed by atoms with Crippen LogP contribution in [0.1, 0.15) is 33.6 Å². The van der Waals surface area contributed by atoms with Gasteiger partial charge in [0.2, 0.25) is 15.9 Å². The highest BCUT2D eigenvalue weighted by atomic mass is 32.2. The monoisotopic (exact) mass is 306 g/mol. The number of hydrogen-bond donors (Lipinski definition) is 1. The molecule has 1 rings (SSSR count). The minimum absolute atomic E-state index is 0.0278. The Labute approximate surface area is 121 Å². The van der Waals surface area contributed by atoms with Crippen LogP contribution in [-0.4, -0.2) is 56.7 Å². The van der Waals surface area contributed by atoms with E-state index in [2.05, 4.69) is 5.32 Å². The largest absolute Gasteiger partial charge is 0.378 e. The van der Waals surface area contributed by atoms with Crippen LogP contribution in [0.4, 0.5) is 0 Å². The standard InChI is InChI=1S/C13H26N2O4S/c1-4-12(5-2)13(16)14-6-9-20(17,18)15-7-8-19-10-11(15)3/h11-12H,4-10H2,1-3H3,(H,14,16). The quantitative estimate of drug-likeness (QED) is 0.747. The molecular formula is C13H26N2O4S. The lowest BCUT2D eigenvalue weighted by Gasteiger charge is -2.32. The van der Waals surface area contributed by atoms with Crippen LogP contribution in [0, 0.1) is 5.92 Å². The minimum atomic E-state index is -3.33. The van der Waals surface area contributed by atoms with Crippen LogP contribution in [0.5, 0.6) is 0 Å². The topological polar surface area (TPSA) is 75.7 Å². The number of rotatable bonds is 7. The van der Waals surface area contributed by atoms with E-state index in [-0.39, 0.29) is 30.2 Å². The van der Waals surface area contributed by atoms with Crippen molar-refractivity contribution in [3.8, 4) is 0 Å². The van der Waals surface area contributed by atoms with E-state index in [9.17, 15) is 13.2 Å². The fourth-order valence-electron chi connectivity index (χ4n) is 2.35. The molecule has 1 aliphatic heterocycles. The molecule has 1 heterocycles. The zero-order valence-corrected chi connectivity index (χ0v) is 13.4. The molecule has 6 nitrogen and oxygen atoms in total. The molecule has 0 aromatic heterocycles. The molecule has 1 saturated heterocycles. The molecule has 0 spiro atoms. The number of nitrogens with one attached hydrogen (secondary N) is 1. The van der Waals surface area contributed by atoms with Gasteiger partial charge < -0.3 is 10.1 Å². The van der Waals surface area contributed by atoms with Gasteiger partial charge in [0.1, 0.15) is 0 Å². The molecule has 1 aliphatic rings. The Hall–Kier alpha value is -0.660. The number of amides is 1. The molecule has 1 unspecified atom stereocenters. The summed E-state index contributed by atoms with van der Waals surface area (Å²) < 4.78 is 31.1. The first-order valence-corrected chi connectivity index (χ1v) is 8.88. The fourth-order valence-corrected chi connectivity index (χ4v) is 3.91. The maximum Gasteiger partial charge on any atom is 0.223 e. The summed E-state index contributed by atoms with van der Waals surface area (Å²) in [5, 5.41) is 2.72. The molecule has 0 aromatic carbocycles. The Bertz CT molecular complexity index is 407. The van der Waals surface area contributed by atoms with E-state index in [1.54, 1.807) is 0 Å². The molecule has 1 atom stereocenters. The van der Waals surface area contributed by atoms with Crippen molar-refractivity contribution >= 4 is 15.9 Å². The van der Waals surface area contributed by atoms with E-state index in [1.165, 1.54) is 4.31 Å². The summed E-state index contributed by atoms with van der Waals surface area (Å²) in [5.74, 6) is -0.135. The molecule has 0 aromatic rings. The lowest BCUT2D eigenvalue weighted by atomic mass is 10.0. The third kappa shape index (κ3) is 4.71. The SMILES string of the molecule is CCC(CC)C(=O)NCCS(=O)(=O)N1CCOCC1C. The first-order valence-electron chi connectivity index (χ1n) is 7.27. The Balaban J connectivity index is 2.45. The number of nitrogens with zero attached hydrogens (tertiary/aromatic N) is 1. The van der Waals surface area contributed by atoms with Gasteiger partial charge in [-0.3, -0.25) is 4.79 Å². The maximum atomic E-state index is 12.2. The Morgan fingerprint density at radius 1 is 1.40 bits per heavy atom. The van der Waals surface area contributed by atoms with Crippen LogP contribution < -0.4 is 5.32 Å². The second-order valence-corrected chi connectivity index (χ2v) is 7.20. The van der Waals surface area contributed by atoms with E-state index >= 15 is 0 Å². The first-order chi connectivity index (χ1) is 9.42. The van der Waals surface area contributed by atoms with E-state index < -0.39 is 10.0 Å². The van der Waals surface area contributed by atoms with Crippen molar-refractivity contribution in [3.63, 3.8) is 0 Å². The highest BCUT2D eigenvalue weighted by molar-refractivity contribution is 7.89. The van der Waals surface area contributed by atoms with Gasteiger partial charge in [0.05, 0.1) is 19.0 Å². The molecule has 0 bridgehead atoms. The van der Waals surface area contributed by atoms with Gasteiger partial charge in [0.25, 0.3) is 0 Å². The number of sulfonamides is 1. The summed E-state index contributed by atoms with van der Waals surface area (Å²) in [6.07, 6.45) is 1.55. The average Bonchev–Trinajstić information content (AvgIpc) is 2.40. The van der Waals surface area contributed by atoms with E-state index in [1.807, 2.05) is 20.8 Å². The first kappa shape index (κ1) is 17.4. The van der Waals surface area contributed by atoms with Gasteiger partial charge >= 0.3 is 0 Å². The lowest BCUT2D eigenvalue weighted by molar-refractivity contribution is -0.125. The van der Waals surface area contributed by atoms with Crippen molar-refractivity contribution in [2.45, 2.75) is 39.7 Å². The van der Waals surface area contributed by atoms with Gasteiger partial charge in [-0.2, -0.15) is 4.31 Å². The van der Waals surface area contributed by atoms with E-state index in [0.717, 1.165) is 12.8 Å². The Morgan fingerprint density at radius 3 is 2.60 bits per heavy atom. The van der Waals surface area contributed by atoms with Crippen molar-refractivity contribution in [3.05, 3.63) is 0 Å². The number of carbonyl (C=O) groups is 1. The molecule has 0 aliphatic carbocycles. The number of hydrogen-bond acceptors (Lipinski definition) is 4. The van der Waals surface area contributed by atoms with Crippen molar-refractivity contribution < 1.29 is 17.9 Å². The highest BCUT2D eigenvalue weighted by Crippen LogP contribution is 2.12. The summed E-state index contributed by atoms with van der Waals surface area (Å²) in [7, 11) is -3.33. The second kappa shape index (κ2) is 7.95. The van der Waals surface area contributed by atoms with Crippen molar-refractivity contribution in [2.24, 2.45) is 5.92 Å². The zero-order chi connectivity index (χ0) is 15.2. The summed E-state index contributed by atoms with van der Waals surface area (Å²) in [5.41, 5.74) is 0. The predicted molar refractivity (Wildman–Crippen MR) is 77.9 cm³/mol. The third-order valence-corrected chi connectivity index (χ3v) is 5.66. The summed E-state index contributed by atoms with van der Waals surface area (Å²) in [6.45, 7) is 7.17. The zero-order valence-electron chi connectivity index (χ0n) is 12.6. The predicted octanol–water partition coefficient (Wildman–Crippen LogP) is 0.589. The normalized spacial score (nSPS) is 21.1. The average molecular weight is 306 g/mol. The number of carbonyl (C=O) groups excluding carboxylic acids is 1. The molecule has 1 N–H and O–H groups in total. The molecule has 0 radical (unpaired) electrons. The Kier molecular flexibility index (Phi) is 6.91. The van der Waals surface area contributed by atoms with Crippen LogP contribution in [0.25, 0.3) is 0 Å². The van der Waals surface area contributed by atoms with Crippen LogP contribution in [0.3, 0.4) is 0 Å². The van der Waals surface area contributed by atoms with Gasteiger partial charge in [-0.1, -0.05) is 13.8 Å². The molecule has 7 heteroatoms. The molecule has 0 saturated carbocycles. The molecular weight excluding hydrogens is 280 g/mol. The molecule has 1 amide bonds. The summed E-state index contributed by atoms with van der Waals surface area (Å²) in [4.78, 5) is 11.8. The van der Waals surface area contributed by atoms with E-state index in [4.69, 9.17) is 4.74 Å². The Morgan fingerprint density at radius 2 is 2.05 bits per heavy atom. The number of ether oxygens (including phenoxy) is 1. The maximum absolute atomic E-state index is 12.2.